The lowest BCUT2D eigenvalue weighted by molar-refractivity contribution is -0.206. The van der Waals surface area contributed by atoms with E-state index in [2.05, 4.69) is 12.7 Å². The van der Waals surface area contributed by atoms with Gasteiger partial charge >= 0.3 is 0 Å². The molecule has 1 saturated heterocycles. The van der Waals surface area contributed by atoms with Crippen LogP contribution in [0.5, 0.6) is 0 Å². The zero-order valence-electron chi connectivity index (χ0n) is 14.5. The molecule has 0 amide bonds. The van der Waals surface area contributed by atoms with Crippen molar-refractivity contribution in [1.29, 1.82) is 0 Å². The molecular weight excluding hydrogens is 303 g/mol. The Morgan fingerprint density at radius 2 is 1.50 bits per heavy atom. The first-order valence-corrected chi connectivity index (χ1v) is 9.34. The number of rotatable bonds is 6. The molecular formula is C21H29FO2. The Hall–Kier alpha value is -1.19. The second kappa shape index (κ2) is 8.77. The van der Waals surface area contributed by atoms with Crippen molar-refractivity contribution in [1.82, 2.24) is 0 Å². The Bertz CT molecular complexity index is 497. The molecule has 1 saturated carbocycles. The Balaban J connectivity index is 1.35. The molecule has 3 heteroatoms. The summed E-state index contributed by atoms with van der Waals surface area (Å²) in [5, 5.41) is 0. The first-order chi connectivity index (χ1) is 11.7. The molecule has 0 N–H and O–H groups in total. The van der Waals surface area contributed by atoms with Crippen LogP contribution in [0.25, 0.3) is 0 Å². The number of allylic oxidation sites excluding steroid dienone is 1. The predicted octanol–water partition coefficient (Wildman–Crippen LogP) is 5.65. The molecule has 24 heavy (non-hydrogen) atoms. The second-order valence-corrected chi connectivity index (χ2v) is 7.40. The molecule has 1 aliphatic carbocycles. The van der Waals surface area contributed by atoms with Gasteiger partial charge in [0.25, 0.3) is 0 Å². The quantitative estimate of drug-likeness (QED) is 0.627. The van der Waals surface area contributed by atoms with Crippen molar-refractivity contribution in [3.63, 3.8) is 0 Å². The van der Waals surface area contributed by atoms with E-state index in [9.17, 15) is 4.39 Å². The molecule has 0 spiro atoms. The maximum atomic E-state index is 13.0. The van der Waals surface area contributed by atoms with E-state index in [1.54, 1.807) is 12.1 Å². The van der Waals surface area contributed by atoms with Crippen molar-refractivity contribution in [3.8, 4) is 0 Å². The smallest absolute Gasteiger partial charge is 0.183 e. The number of ether oxygens (including phenoxy) is 2. The highest BCUT2D eigenvalue weighted by atomic mass is 19.1. The molecule has 0 bridgehead atoms. The van der Waals surface area contributed by atoms with Gasteiger partial charge < -0.3 is 9.47 Å². The van der Waals surface area contributed by atoms with Gasteiger partial charge in [-0.3, -0.25) is 0 Å². The van der Waals surface area contributed by atoms with Gasteiger partial charge in [0.1, 0.15) is 5.82 Å². The van der Waals surface area contributed by atoms with E-state index < -0.39 is 0 Å². The molecule has 132 valence electrons. The van der Waals surface area contributed by atoms with Gasteiger partial charge in [-0.2, -0.15) is 0 Å². The fraction of sp³-hybridized carbons (Fsp3) is 0.619. The third-order valence-electron chi connectivity index (χ3n) is 5.56. The predicted molar refractivity (Wildman–Crippen MR) is 94.0 cm³/mol. The van der Waals surface area contributed by atoms with E-state index >= 15 is 0 Å². The van der Waals surface area contributed by atoms with Crippen molar-refractivity contribution >= 4 is 0 Å². The fourth-order valence-electron chi connectivity index (χ4n) is 3.99. The summed E-state index contributed by atoms with van der Waals surface area (Å²) in [7, 11) is 0. The van der Waals surface area contributed by atoms with Crippen LogP contribution in [0.3, 0.4) is 0 Å². The van der Waals surface area contributed by atoms with Gasteiger partial charge in [-0.1, -0.05) is 37.5 Å². The lowest BCUT2D eigenvalue weighted by Crippen LogP contribution is -2.27. The second-order valence-electron chi connectivity index (χ2n) is 7.40. The molecule has 2 fully saturated rings. The van der Waals surface area contributed by atoms with Crippen molar-refractivity contribution in [2.24, 2.45) is 17.8 Å². The van der Waals surface area contributed by atoms with Crippen molar-refractivity contribution < 1.29 is 13.9 Å². The van der Waals surface area contributed by atoms with Gasteiger partial charge in [0.2, 0.25) is 0 Å². The van der Waals surface area contributed by atoms with Crippen LogP contribution in [-0.2, 0) is 9.47 Å². The van der Waals surface area contributed by atoms with E-state index in [4.69, 9.17) is 9.47 Å². The number of benzene rings is 1. The monoisotopic (exact) mass is 332 g/mol. The van der Waals surface area contributed by atoms with E-state index in [1.165, 1.54) is 57.1 Å². The molecule has 0 unspecified atom stereocenters. The summed E-state index contributed by atoms with van der Waals surface area (Å²) in [6.45, 7) is 5.35. The number of hydrogen-bond acceptors (Lipinski definition) is 2. The summed E-state index contributed by atoms with van der Waals surface area (Å²) in [4.78, 5) is 0. The molecule has 3 rings (SSSR count). The Morgan fingerprint density at radius 3 is 2.12 bits per heavy atom. The normalized spacial score (nSPS) is 30.9. The van der Waals surface area contributed by atoms with Crippen LogP contribution in [-0.4, -0.2) is 13.2 Å². The highest BCUT2D eigenvalue weighted by Crippen LogP contribution is 2.35. The maximum absolute atomic E-state index is 13.0. The first kappa shape index (κ1) is 17.6. The highest BCUT2D eigenvalue weighted by molar-refractivity contribution is 5.17. The minimum absolute atomic E-state index is 0.227. The van der Waals surface area contributed by atoms with E-state index in [-0.39, 0.29) is 12.1 Å². The molecule has 2 aliphatic rings. The van der Waals surface area contributed by atoms with E-state index in [0.29, 0.717) is 5.92 Å². The topological polar surface area (TPSA) is 18.5 Å². The summed E-state index contributed by atoms with van der Waals surface area (Å²) in [5.41, 5.74) is 0.899. The number of hydrogen-bond donors (Lipinski definition) is 0. The highest BCUT2D eigenvalue weighted by Gasteiger charge is 2.26. The molecule has 1 aromatic carbocycles. The van der Waals surface area contributed by atoms with Gasteiger partial charge in [-0.25, -0.2) is 4.39 Å². The first-order valence-electron chi connectivity index (χ1n) is 9.34. The summed E-state index contributed by atoms with van der Waals surface area (Å²) in [6, 6.07) is 6.39. The molecule has 1 aromatic rings. The third kappa shape index (κ3) is 4.90. The van der Waals surface area contributed by atoms with E-state index in [1.807, 2.05) is 0 Å². The average Bonchev–Trinajstić information content (AvgIpc) is 2.63. The maximum Gasteiger partial charge on any atom is 0.183 e. The minimum atomic E-state index is -0.337. The summed E-state index contributed by atoms with van der Waals surface area (Å²) in [5.74, 6) is 2.01. The van der Waals surface area contributed by atoms with Gasteiger partial charge in [-0.15, -0.1) is 6.58 Å². The van der Waals surface area contributed by atoms with Crippen LogP contribution in [0.15, 0.2) is 36.9 Å². The van der Waals surface area contributed by atoms with Crippen molar-refractivity contribution in [2.45, 2.75) is 51.2 Å². The summed E-state index contributed by atoms with van der Waals surface area (Å²) >= 11 is 0. The lowest BCUT2D eigenvalue weighted by atomic mass is 9.78. The molecule has 1 heterocycles. The van der Waals surface area contributed by atoms with Gasteiger partial charge in [0.15, 0.2) is 6.29 Å². The van der Waals surface area contributed by atoms with Crippen LogP contribution in [0.4, 0.5) is 4.39 Å². The standard InChI is InChI=1S/C21H29FO2/c1-2-3-16-4-6-17(7-5-16)8-9-18-14-23-21(24-15-18)19-10-12-20(22)13-11-19/h2,10-13,16-18,21H,1,3-9,14-15H2. The molecule has 0 atom stereocenters. The van der Waals surface area contributed by atoms with Gasteiger partial charge in [0.05, 0.1) is 13.2 Å². The Morgan fingerprint density at radius 1 is 0.917 bits per heavy atom. The Labute approximate surface area is 145 Å². The van der Waals surface area contributed by atoms with Crippen LogP contribution in [0.1, 0.15) is 56.8 Å². The van der Waals surface area contributed by atoms with Crippen LogP contribution in [0.2, 0.25) is 0 Å². The number of halogens is 1. The lowest BCUT2D eigenvalue weighted by Gasteiger charge is -2.32. The minimum Gasteiger partial charge on any atom is -0.348 e. The zero-order chi connectivity index (χ0) is 16.8. The van der Waals surface area contributed by atoms with Gasteiger partial charge in [-0.05, 0) is 49.7 Å². The zero-order valence-corrected chi connectivity index (χ0v) is 14.5. The average molecular weight is 332 g/mol. The van der Waals surface area contributed by atoms with Crippen molar-refractivity contribution in [2.75, 3.05) is 13.2 Å². The molecule has 0 aromatic heterocycles. The largest absolute Gasteiger partial charge is 0.348 e. The van der Waals surface area contributed by atoms with Gasteiger partial charge in [0, 0.05) is 11.5 Å². The van der Waals surface area contributed by atoms with E-state index in [0.717, 1.165) is 30.6 Å². The van der Waals surface area contributed by atoms with Crippen LogP contribution < -0.4 is 0 Å². The molecule has 0 radical (unpaired) electrons. The summed E-state index contributed by atoms with van der Waals surface area (Å²) in [6.07, 6.45) is 10.8. The van der Waals surface area contributed by atoms with Crippen LogP contribution in [0, 0.1) is 23.6 Å². The Kier molecular flexibility index (Phi) is 6.44. The van der Waals surface area contributed by atoms with Crippen molar-refractivity contribution in [3.05, 3.63) is 48.3 Å². The van der Waals surface area contributed by atoms with Crippen LogP contribution >= 0.6 is 0 Å². The third-order valence-corrected chi connectivity index (χ3v) is 5.56. The SMILES string of the molecule is C=CCC1CCC(CCC2COC(c3ccc(F)cc3)OC2)CC1. The fourth-order valence-corrected chi connectivity index (χ4v) is 3.99. The molecule has 2 nitrogen and oxygen atoms in total. The summed E-state index contributed by atoms with van der Waals surface area (Å²) < 4.78 is 24.7. The molecule has 1 aliphatic heterocycles.